The van der Waals surface area contributed by atoms with Gasteiger partial charge in [-0.05, 0) is 61.0 Å². The molecule has 0 unspecified atom stereocenters. The molecule has 4 N–H and O–H groups in total. The highest BCUT2D eigenvalue weighted by molar-refractivity contribution is 7.80. The van der Waals surface area contributed by atoms with Gasteiger partial charge in [0.15, 0.2) is 5.11 Å². The third-order valence-corrected chi connectivity index (χ3v) is 3.74. The summed E-state index contributed by atoms with van der Waals surface area (Å²) >= 11 is 5.35. The lowest BCUT2D eigenvalue weighted by Crippen LogP contribution is -2.21. The summed E-state index contributed by atoms with van der Waals surface area (Å²) in [5.74, 6) is -0.414. The van der Waals surface area contributed by atoms with Crippen LogP contribution < -0.4 is 16.4 Å². The average Bonchev–Trinajstić information content (AvgIpc) is 2.51. The fourth-order valence-corrected chi connectivity index (χ4v) is 2.66. The van der Waals surface area contributed by atoms with Gasteiger partial charge < -0.3 is 16.4 Å². The Morgan fingerprint density at radius 2 is 2.09 bits per heavy atom. The normalized spacial score (nSPS) is 10.2. The number of thiocarbonyl (C=S) groups is 1. The highest BCUT2D eigenvalue weighted by atomic mass is 32.1. The van der Waals surface area contributed by atoms with E-state index in [1.54, 1.807) is 18.5 Å². The Balaban J connectivity index is 2.23. The van der Waals surface area contributed by atoms with Crippen LogP contribution in [0, 0.1) is 6.92 Å². The minimum Gasteiger partial charge on any atom is -0.366 e. The first-order chi connectivity index (χ1) is 11.0. The van der Waals surface area contributed by atoms with Gasteiger partial charge in [-0.2, -0.15) is 0 Å². The zero-order valence-electron chi connectivity index (χ0n) is 13.2. The van der Waals surface area contributed by atoms with E-state index in [2.05, 4.69) is 22.5 Å². The topological polar surface area (TPSA) is 80.0 Å². The number of pyridine rings is 1. The number of nitrogens with zero attached hydrogens (tertiary/aromatic N) is 1. The number of amides is 1. The lowest BCUT2D eigenvalue weighted by molar-refractivity contribution is 0.0999. The molecule has 0 saturated carbocycles. The molecule has 6 heteroatoms. The molecule has 0 bridgehead atoms. The number of nitrogens with one attached hydrogen (secondary N) is 2. The number of carbonyl (C=O) groups is 1. The van der Waals surface area contributed by atoms with Crippen LogP contribution in [-0.4, -0.2) is 16.0 Å². The first-order valence-corrected chi connectivity index (χ1v) is 7.84. The minimum atomic E-state index is -0.414. The van der Waals surface area contributed by atoms with Crippen molar-refractivity contribution in [3.8, 4) is 0 Å². The summed E-state index contributed by atoms with van der Waals surface area (Å²) in [6.45, 7) is 4.00. The van der Waals surface area contributed by atoms with E-state index in [4.69, 9.17) is 18.0 Å². The second-order valence-electron chi connectivity index (χ2n) is 5.20. The Hall–Kier alpha value is -2.47. The quantitative estimate of drug-likeness (QED) is 0.734. The molecule has 0 fully saturated rings. The third kappa shape index (κ3) is 4.26. The molecule has 2 rings (SSSR count). The number of rotatable bonds is 5. The molecule has 0 aliphatic heterocycles. The number of nitrogens with two attached hydrogens (primary N) is 1. The fraction of sp³-hybridized carbons (Fsp3) is 0.235. The maximum Gasteiger partial charge on any atom is 0.248 e. The van der Waals surface area contributed by atoms with Crippen molar-refractivity contribution in [3.63, 3.8) is 0 Å². The van der Waals surface area contributed by atoms with Crippen molar-refractivity contribution < 1.29 is 4.79 Å². The predicted molar refractivity (Wildman–Crippen MR) is 97.8 cm³/mol. The lowest BCUT2D eigenvalue weighted by Gasteiger charge is -2.17. The fourth-order valence-electron chi connectivity index (χ4n) is 2.43. The number of hydrogen-bond acceptors (Lipinski definition) is 3. The van der Waals surface area contributed by atoms with E-state index in [0.29, 0.717) is 10.7 Å². The molecule has 2 aromatic rings. The van der Waals surface area contributed by atoms with Crippen molar-refractivity contribution in [1.29, 1.82) is 0 Å². The van der Waals surface area contributed by atoms with Crippen LogP contribution in [0.25, 0.3) is 0 Å². The summed E-state index contributed by atoms with van der Waals surface area (Å²) in [6, 6.07) is 7.29. The van der Waals surface area contributed by atoms with Gasteiger partial charge in [0.1, 0.15) is 0 Å². The van der Waals surface area contributed by atoms with Crippen molar-refractivity contribution in [2.24, 2.45) is 5.73 Å². The monoisotopic (exact) mass is 328 g/mol. The number of anilines is 2. The molecular formula is C17H20N4OS. The molecular weight excluding hydrogens is 308 g/mol. The molecule has 0 aliphatic rings. The van der Waals surface area contributed by atoms with Crippen LogP contribution in [0.5, 0.6) is 0 Å². The summed E-state index contributed by atoms with van der Waals surface area (Å²) in [6.07, 6.45) is 5.20. The molecule has 5 nitrogen and oxygen atoms in total. The second-order valence-corrected chi connectivity index (χ2v) is 5.61. The third-order valence-electron chi connectivity index (χ3n) is 3.53. The Morgan fingerprint density at radius 3 is 2.70 bits per heavy atom. The maximum atomic E-state index is 11.5. The van der Waals surface area contributed by atoms with E-state index in [1.807, 2.05) is 25.1 Å². The van der Waals surface area contributed by atoms with Gasteiger partial charge in [-0.25, -0.2) is 0 Å². The average molecular weight is 328 g/mol. The molecule has 0 saturated heterocycles. The van der Waals surface area contributed by atoms with E-state index in [9.17, 15) is 4.79 Å². The van der Waals surface area contributed by atoms with Gasteiger partial charge in [0.2, 0.25) is 5.91 Å². The zero-order chi connectivity index (χ0) is 16.8. The molecule has 0 spiro atoms. The number of aromatic nitrogens is 1. The minimum absolute atomic E-state index is 0.414. The number of carbonyl (C=O) groups excluding carboxylic acids is 1. The van der Waals surface area contributed by atoms with Gasteiger partial charge in [0, 0.05) is 17.4 Å². The zero-order valence-corrected chi connectivity index (χ0v) is 14.0. The van der Waals surface area contributed by atoms with Crippen molar-refractivity contribution in [2.45, 2.75) is 26.7 Å². The Bertz CT molecular complexity index is 716. The number of hydrogen-bond donors (Lipinski definition) is 3. The number of primary amides is 1. The van der Waals surface area contributed by atoms with Crippen LogP contribution in [0.2, 0.25) is 0 Å². The molecule has 1 heterocycles. The van der Waals surface area contributed by atoms with Crippen LogP contribution in [0.4, 0.5) is 11.4 Å². The van der Waals surface area contributed by atoms with Gasteiger partial charge in [0.25, 0.3) is 0 Å². The highest BCUT2D eigenvalue weighted by Gasteiger charge is 2.13. The summed E-state index contributed by atoms with van der Waals surface area (Å²) in [5, 5.41) is 6.75. The molecule has 0 aliphatic carbocycles. The maximum absolute atomic E-state index is 11.5. The highest BCUT2D eigenvalue weighted by Crippen LogP contribution is 2.25. The first kappa shape index (κ1) is 16.9. The summed E-state index contributed by atoms with van der Waals surface area (Å²) < 4.78 is 0. The largest absolute Gasteiger partial charge is 0.366 e. The summed E-state index contributed by atoms with van der Waals surface area (Å²) in [5.41, 5.74) is 9.62. The van der Waals surface area contributed by atoms with Crippen molar-refractivity contribution in [1.82, 2.24) is 4.98 Å². The Morgan fingerprint density at radius 1 is 1.30 bits per heavy atom. The van der Waals surface area contributed by atoms with E-state index in [0.717, 1.165) is 35.3 Å². The molecule has 1 aromatic heterocycles. The van der Waals surface area contributed by atoms with Crippen LogP contribution in [0.1, 0.15) is 34.8 Å². The Labute approximate surface area is 141 Å². The van der Waals surface area contributed by atoms with Crippen molar-refractivity contribution in [3.05, 3.63) is 53.3 Å². The van der Waals surface area contributed by atoms with E-state index >= 15 is 0 Å². The van der Waals surface area contributed by atoms with Gasteiger partial charge in [0.05, 0.1) is 11.9 Å². The first-order valence-electron chi connectivity index (χ1n) is 7.43. The predicted octanol–water partition coefficient (Wildman–Crippen LogP) is 3.25. The summed E-state index contributed by atoms with van der Waals surface area (Å²) in [4.78, 5) is 15.5. The van der Waals surface area contributed by atoms with E-state index < -0.39 is 5.91 Å². The van der Waals surface area contributed by atoms with Crippen molar-refractivity contribution in [2.75, 3.05) is 10.6 Å². The smallest absolute Gasteiger partial charge is 0.248 e. The van der Waals surface area contributed by atoms with Gasteiger partial charge >= 0.3 is 0 Å². The van der Waals surface area contributed by atoms with Crippen LogP contribution in [0.15, 0.2) is 36.7 Å². The van der Waals surface area contributed by atoms with Gasteiger partial charge in [-0.15, -0.1) is 0 Å². The summed E-state index contributed by atoms with van der Waals surface area (Å²) in [7, 11) is 0. The molecule has 0 atom stereocenters. The van der Waals surface area contributed by atoms with Gasteiger partial charge in [-0.3, -0.25) is 9.78 Å². The SMILES string of the molecule is CCCc1c(NC(=S)Nc2cccnc2)ccc(C(N)=O)c1C. The van der Waals surface area contributed by atoms with E-state index in [-0.39, 0.29) is 0 Å². The molecule has 1 aromatic carbocycles. The molecule has 120 valence electrons. The van der Waals surface area contributed by atoms with E-state index in [1.165, 1.54) is 0 Å². The van der Waals surface area contributed by atoms with Crippen LogP contribution in [0.3, 0.4) is 0 Å². The van der Waals surface area contributed by atoms with Crippen LogP contribution in [-0.2, 0) is 6.42 Å². The lowest BCUT2D eigenvalue weighted by atomic mass is 9.96. The molecule has 1 amide bonds. The molecule has 0 radical (unpaired) electrons. The van der Waals surface area contributed by atoms with Crippen molar-refractivity contribution >= 4 is 34.6 Å². The Kier molecular flexibility index (Phi) is 5.65. The van der Waals surface area contributed by atoms with Gasteiger partial charge in [-0.1, -0.05) is 13.3 Å². The van der Waals surface area contributed by atoms with Crippen LogP contribution >= 0.6 is 12.2 Å². The second kappa shape index (κ2) is 7.69. The number of benzene rings is 1. The standard InChI is InChI=1S/C17H20N4OS/c1-3-5-13-11(2)14(16(18)22)7-8-15(13)21-17(23)20-12-6-4-9-19-10-12/h4,6-10H,3,5H2,1-2H3,(H2,18,22)(H2,20,21,23). The molecule has 23 heavy (non-hydrogen) atoms.